The molecule has 1 aromatic rings. The first-order valence-corrected chi connectivity index (χ1v) is 12.8. The van der Waals surface area contributed by atoms with Gasteiger partial charge in [0.2, 0.25) is 5.91 Å². The van der Waals surface area contributed by atoms with Crippen LogP contribution >= 0.6 is 0 Å². The molecule has 3 fully saturated rings. The van der Waals surface area contributed by atoms with E-state index < -0.39 is 0 Å². The molecule has 1 heterocycles. The minimum absolute atomic E-state index is 0.00468. The van der Waals surface area contributed by atoms with Crippen molar-refractivity contribution in [2.24, 2.45) is 34.5 Å². The van der Waals surface area contributed by atoms with Crippen LogP contribution in [0.5, 0.6) is 5.75 Å². The molecule has 1 aliphatic heterocycles. The van der Waals surface area contributed by atoms with Crippen LogP contribution in [0.1, 0.15) is 78.7 Å². The number of ether oxygens (including phenoxy) is 1. The molecule has 1 aromatic carbocycles. The van der Waals surface area contributed by atoms with E-state index in [1.54, 1.807) is 6.08 Å². The van der Waals surface area contributed by atoms with Gasteiger partial charge in [0.25, 0.3) is 0 Å². The van der Waals surface area contributed by atoms with Gasteiger partial charge in [-0.2, -0.15) is 0 Å². The van der Waals surface area contributed by atoms with E-state index in [4.69, 9.17) is 4.74 Å². The van der Waals surface area contributed by atoms with Gasteiger partial charge in [0.15, 0.2) is 0 Å². The van der Waals surface area contributed by atoms with E-state index in [-0.39, 0.29) is 40.1 Å². The molecule has 0 aromatic heterocycles. The third-order valence-corrected chi connectivity index (χ3v) is 9.89. The quantitative estimate of drug-likeness (QED) is 0.458. The standard InChI is InChI=1S/C29H39NO3/c1-27(2,3)18-7-6-8-19(17-18)33-26(32)23-11-10-21-20-9-12-24-29(5,16-14-25(31)30-24)22(20)13-15-28(21,23)4/h6-8,14,16-17,20-24H,9-13,15H2,1-5H3,(H,30,31)/t20-,21-,22-,23+,24+,28-,29+/m0/s1. The largest absolute Gasteiger partial charge is 0.426 e. The Morgan fingerprint density at radius 2 is 1.85 bits per heavy atom. The average molecular weight is 450 g/mol. The number of hydrogen-bond donors (Lipinski definition) is 1. The lowest BCUT2D eigenvalue weighted by Crippen LogP contribution is -2.59. The Labute approximate surface area is 198 Å². The van der Waals surface area contributed by atoms with Crippen molar-refractivity contribution in [2.45, 2.75) is 84.6 Å². The van der Waals surface area contributed by atoms with E-state index in [9.17, 15) is 9.59 Å². The summed E-state index contributed by atoms with van der Waals surface area (Å²) in [6, 6.07) is 8.27. The zero-order valence-corrected chi connectivity index (χ0v) is 20.8. The number of amides is 1. The molecule has 0 radical (unpaired) electrons. The van der Waals surface area contributed by atoms with Gasteiger partial charge >= 0.3 is 5.97 Å². The highest BCUT2D eigenvalue weighted by Crippen LogP contribution is 2.65. The van der Waals surface area contributed by atoms with Gasteiger partial charge in [0.1, 0.15) is 5.75 Å². The van der Waals surface area contributed by atoms with E-state index in [0.29, 0.717) is 23.5 Å². The predicted molar refractivity (Wildman–Crippen MR) is 130 cm³/mol. The summed E-state index contributed by atoms with van der Waals surface area (Å²) < 4.78 is 6.00. The lowest BCUT2D eigenvalue weighted by Gasteiger charge is -2.58. The monoisotopic (exact) mass is 449 g/mol. The maximum Gasteiger partial charge on any atom is 0.314 e. The number of rotatable bonds is 2. The molecule has 0 bridgehead atoms. The van der Waals surface area contributed by atoms with Crippen molar-refractivity contribution in [2.75, 3.05) is 0 Å². The summed E-state index contributed by atoms with van der Waals surface area (Å²) in [6.07, 6.45) is 10.3. The summed E-state index contributed by atoms with van der Waals surface area (Å²) in [7, 11) is 0. The summed E-state index contributed by atoms with van der Waals surface area (Å²) in [6.45, 7) is 11.2. The number of carbonyl (C=O) groups excluding carboxylic acids is 2. The molecule has 4 aliphatic rings. The Balaban J connectivity index is 1.35. The Morgan fingerprint density at radius 3 is 2.61 bits per heavy atom. The normalized spacial score (nSPS) is 39.8. The maximum absolute atomic E-state index is 13.4. The summed E-state index contributed by atoms with van der Waals surface area (Å²) >= 11 is 0. The van der Waals surface area contributed by atoms with Crippen LogP contribution in [0, 0.1) is 34.5 Å². The van der Waals surface area contributed by atoms with Gasteiger partial charge < -0.3 is 10.1 Å². The van der Waals surface area contributed by atoms with Gasteiger partial charge in [0.05, 0.1) is 5.92 Å². The Kier molecular flexibility index (Phi) is 5.30. The number of hydrogen-bond acceptors (Lipinski definition) is 3. The van der Waals surface area contributed by atoms with Crippen LogP contribution in [0.2, 0.25) is 0 Å². The van der Waals surface area contributed by atoms with Gasteiger partial charge in [-0.1, -0.05) is 52.8 Å². The fourth-order valence-electron chi connectivity index (χ4n) is 7.93. The predicted octanol–water partition coefficient (Wildman–Crippen LogP) is 5.80. The molecule has 3 saturated carbocycles. The Hall–Kier alpha value is -2.10. The van der Waals surface area contributed by atoms with Crippen molar-refractivity contribution in [3.05, 3.63) is 42.0 Å². The lowest BCUT2D eigenvalue weighted by molar-refractivity contribution is -0.147. The molecule has 33 heavy (non-hydrogen) atoms. The summed E-state index contributed by atoms with van der Waals surface area (Å²) in [5, 5.41) is 3.23. The van der Waals surface area contributed by atoms with Crippen molar-refractivity contribution < 1.29 is 14.3 Å². The number of esters is 1. The van der Waals surface area contributed by atoms with Gasteiger partial charge in [0, 0.05) is 11.5 Å². The fraction of sp³-hybridized carbons (Fsp3) is 0.655. The molecule has 0 saturated heterocycles. The highest BCUT2D eigenvalue weighted by atomic mass is 16.5. The number of benzene rings is 1. The van der Waals surface area contributed by atoms with E-state index >= 15 is 0 Å². The van der Waals surface area contributed by atoms with Crippen LogP contribution in [-0.2, 0) is 15.0 Å². The van der Waals surface area contributed by atoms with Gasteiger partial charge in [-0.05, 0) is 90.9 Å². The molecule has 1 N–H and O–H groups in total. The maximum atomic E-state index is 13.4. The molecule has 3 aliphatic carbocycles. The third-order valence-electron chi connectivity index (χ3n) is 9.89. The number of nitrogens with one attached hydrogen (secondary N) is 1. The first-order valence-electron chi connectivity index (χ1n) is 12.8. The SMILES string of the molecule is CC(C)(C)c1cccc(OC(=O)[C@H]2CC[C@H]3[C@@H]4CC[C@H]5NC(=O)C=C[C@]5(C)[C@H]4CC[C@]23C)c1. The zero-order chi connectivity index (χ0) is 23.6. The zero-order valence-electron chi connectivity index (χ0n) is 20.8. The summed E-state index contributed by atoms with van der Waals surface area (Å²) in [4.78, 5) is 25.4. The molecule has 4 nitrogen and oxygen atoms in total. The van der Waals surface area contributed by atoms with Gasteiger partial charge in [-0.3, -0.25) is 9.59 Å². The average Bonchev–Trinajstić information content (AvgIpc) is 3.11. The molecule has 1 amide bonds. The van der Waals surface area contributed by atoms with E-state index in [0.717, 1.165) is 38.5 Å². The van der Waals surface area contributed by atoms with Crippen LogP contribution in [0.4, 0.5) is 0 Å². The minimum atomic E-state index is -0.0470. The van der Waals surface area contributed by atoms with Crippen molar-refractivity contribution in [3.8, 4) is 5.75 Å². The van der Waals surface area contributed by atoms with Crippen molar-refractivity contribution >= 4 is 11.9 Å². The number of carbonyl (C=O) groups is 2. The second-order valence-corrected chi connectivity index (χ2v) is 12.6. The molecule has 7 atom stereocenters. The van der Waals surface area contributed by atoms with Crippen LogP contribution in [0.15, 0.2) is 36.4 Å². The molecule has 0 unspecified atom stereocenters. The van der Waals surface area contributed by atoms with Gasteiger partial charge in [-0.25, -0.2) is 0 Å². The highest BCUT2D eigenvalue weighted by Gasteiger charge is 2.61. The van der Waals surface area contributed by atoms with E-state index in [2.05, 4.69) is 52.1 Å². The first kappa shape index (κ1) is 22.7. The van der Waals surface area contributed by atoms with Crippen LogP contribution < -0.4 is 10.1 Å². The Bertz CT molecular complexity index is 991. The molecule has 178 valence electrons. The third kappa shape index (κ3) is 3.65. The molecular weight excluding hydrogens is 410 g/mol. The van der Waals surface area contributed by atoms with Crippen molar-refractivity contribution in [1.29, 1.82) is 0 Å². The van der Waals surface area contributed by atoms with Crippen LogP contribution in [-0.4, -0.2) is 17.9 Å². The van der Waals surface area contributed by atoms with E-state index in [1.165, 1.54) is 5.56 Å². The second kappa shape index (κ2) is 7.71. The van der Waals surface area contributed by atoms with Crippen molar-refractivity contribution in [1.82, 2.24) is 5.32 Å². The molecule has 4 heteroatoms. The highest BCUT2D eigenvalue weighted by molar-refractivity contribution is 5.89. The first-order chi connectivity index (χ1) is 15.5. The summed E-state index contributed by atoms with van der Waals surface area (Å²) in [5.74, 6) is 2.39. The fourth-order valence-corrected chi connectivity index (χ4v) is 7.93. The summed E-state index contributed by atoms with van der Waals surface area (Å²) in [5.41, 5.74) is 1.24. The molecular formula is C29H39NO3. The molecule has 0 spiro atoms. The van der Waals surface area contributed by atoms with Gasteiger partial charge in [-0.15, -0.1) is 0 Å². The topological polar surface area (TPSA) is 55.4 Å². The van der Waals surface area contributed by atoms with Crippen LogP contribution in [0.3, 0.4) is 0 Å². The van der Waals surface area contributed by atoms with Crippen molar-refractivity contribution in [3.63, 3.8) is 0 Å². The smallest absolute Gasteiger partial charge is 0.314 e. The Morgan fingerprint density at radius 1 is 1.06 bits per heavy atom. The minimum Gasteiger partial charge on any atom is -0.426 e. The van der Waals surface area contributed by atoms with E-state index in [1.807, 2.05) is 18.2 Å². The number of fused-ring (bicyclic) bond motifs is 5. The molecule has 5 rings (SSSR count). The van der Waals surface area contributed by atoms with Crippen LogP contribution in [0.25, 0.3) is 0 Å². The lowest BCUT2D eigenvalue weighted by atomic mass is 9.48. The second-order valence-electron chi connectivity index (χ2n) is 12.6.